The summed E-state index contributed by atoms with van der Waals surface area (Å²) in [6.45, 7) is 7.91. The molecule has 2 N–H and O–H groups in total. The second-order valence-corrected chi connectivity index (χ2v) is 9.01. The highest BCUT2D eigenvalue weighted by molar-refractivity contribution is 6.10. The highest BCUT2D eigenvalue weighted by Crippen LogP contribution is 2.46. The van der Waals surface area contributed by atoms with Gasteiger partial charge in [-0.15, -0.1) is 0 Å². The molecule has 0 bridgehead atoms. The number of amides is 4. The first-order valence-corrected chi connectivity index (χ1v) is 9.64. The first-order chi connectivity index (χ1) is 13.0. The zero-order chi connectivity index (χ0) is 20.7. The number of nitrogens with one attached hydrogen (secondary N) is 2. The quantitative estimate of drug-likeness (QED) is 0.777. The lowest BCUT2D eigenvalue weighted by Crippen LogP contribution is -2.54. The van der Waals surface area contributed by atoms with Crippen molar-refractivity contribution in [1.29, 1.82) is 0 Å². The summed E-state index contributed by atoms with van der Waals surface area (Å²) in [5, 5.41) is 5.64. The Bertz CT molecular complexity index is 820. The number of nitrogens with zero attached hydrogens (tertiary/aromatic N) is 1. The summed E-state index contributed by atoms with van der Waals surface area (Å²) in [6.07, 6.45) is 2.19. The number of imide groups is 1. The Kier molecular flexibility index (Phi) is 5.12. The number of ether oxygens (including phenoxy) is 1. The van der Waals surface area contributed by atoms with Crippen molar-refractivity contribution in [2.75, 3.05) is 19.0 Å². The van der Waals surface area contributed by atoms with Crippen LogP contribution in [-0.4, -0.2) is 41.9 Å². The van der Waals surface area contributed by atoms with Gasteiger partial charge in [-0.3, -0.25) is 14.5 Å². The van der Waals surface area contributed by atoms with Crippen molar-refractivity contribution >= 4 is 23.5 Å². The maximum atomic E-state index is 13.1. The van der Waals surface area contributed by atoms with Crippen molar-refractivity contribution in [3.8, 4) is 5.75 Å². The molecule has 2 fully saturated rings. The fourth-order valence-electron chi connectivity index (χ4n) is 4.90. The van der Waals surface area contributed by atoms with Gasteiger partial charge in [0.15, 0.2) is 0 Å². The highest BCUT2D eigenvalue weighted by Gasteiger charge is 2.56. The predicted octanol–water partition coefficient (Wildman–Crippen LogP) is 3.08. The van der Waals surface area contributed by atoms with E-state index < -0.39 is 17.5 Å². The molecule has 152 valence electrons. The maximum absolute atomic E-state index is 13.1. The van der Waals surface area contributed by atoms with E-state index in [4.69, 9.17) is 4.74 Å². The first kappa shape index (κ1) is 20.2. The molecule has 3 rings (SSSR count). The van der Waals surface area contributed by atoms with Gasteiger partial charge >= 0.3 is 6.03 Å². The van der Waals surface area contributed by atoms with Crippen LogP contribution in [0.3, 0.4) is 0 Å². The fraction of sp³-hybridized carbons (Fsp3) is 0.571. The zero-order valence-electron chi connectivity index (χ0n) is 17.2. The third kappa shape index (κ3) is 3.84. The van der Waals surface area contributed by atoms with Gasteiger partial charge in [0.2, 0.25) is 5.91 Å². The molecule has 1 aromatic carbocycles. The Hall–Kier alpha value is -2.57. The molecular formula is C21H29N3O4. The Morgan fingerprint density at radius 2 is 2.04 bits per heavy atom. The van der Waals surface area contributed by atoms with Crippen LogP contribution in [0, 0.1) is 18.3 Å². The molecule has 1 saturated carbocycles. The van der Waals surface area contributed by atoms with Crippen LogP contribution < -0.4 is 15.4 Å². The molecule has 0 radical (unpaired) electrons. The standard InChI is InChI=1S/C21H29N3O4/c1-13-6-7-16(28-5)15(8-13)22-17(25)11-24-18(26)21(23-19(24)27)10-14(2)9-20(3,4)12-21/h6-8,14H,9-12H2,1-5H3,(H,22,25)(H,23,27)/t14-,21+/m1/s1. The summed E-state index contributed by atoms with van der Waals surface area (Å²) in [7, 11) is 1.52. The molecule has 28 heavy (non-hydrogen) atoms. The van der Waals surface area contributed by atoms with E-state index in [0.717, 1.165) is 16.9 Å². The molecule has 0 aromatic heterocycles. The van der Waals surface area contributed by atoms with Crippen molar-refractivity contribution in [2.45, 2.75) is 52.5 Å². The molecule has 2 aliphatic rings. The summed E-state index contributed by atoms with van der Waals surface area (Å²) >= 11 is 0. The summed E-state index contributed by atoms with van der Waals surface area (Å²) in [5.74, 6) is 0.102. The highest BCUT2D eigenvalue weighted by atomic mass is 16.5. The minimum atomic E-state index is -0.903. The maximum Gasteiger partial charge on any atom is 0.325 e. The number of carbonyl (C=O) groups excluding carboxylic acids is 3. The van der Waals surface area contributed by atoms with E-state index in [1.54, 1.807) is 12.1 Å². The number of hydrogen-bond donors (Lipinski definition) is 2. The summed E-state index contributed by atoms with van der Waals surface area (Å²) in [6, 6.07) is 4.93. The molecule has 1 aliphatic carbocycles. The minimum Gasteiger partial charge on any atom is -0.495 e. The van der Waals surface area contributed by atoms with E-state index >= 15 is 0 Å². The van der Waals surface area contributed by atoms with Crippen molar-refractivity contribution in [3.05, 3.63) is 23.8 Å². The molecule has 7 heteroatoms. The van der Waals surface area contributed by atoms with E-state index in [1.807, 2.05) is 13.0 Å². The van der Waals surface area contributed by atoms with Gasteiger partial charge in [0, 0.05) is 0 Å². The average molecular weight is 387 g/mol. The third-order valence-electron chi connectivity index (χ3n) is 5.55. The van der Waals surface area contributed by atoms with Gasteiger partial charge < -0.3 is 15.4 Å². The van der Waals surface area contributed by atoms with Crippen molar-refractivity contribution in [1.82, 2.24) is 10.2 Å². The van der Waals surface area contributed by atoms with Crippen LogP contribution in [0.2, 0.25) is 0 Å². The average Bonchev–Trinajstić information content (AvgIpc) is 2.76. The molecule has 4 amide bonds. The summed E-state index contributed by atoms with van der Waals surface area (Å²) in [5.41, 5.74) is 0.526. The topological polar surface area (TPSA) is 87.7 Å². The summed E-state index contributed by atoms with van der Waals surface area (Å²) < 4.78 is 5.26. The molecule has 7 nitrogen and oxygen atoms in total. The normalized spacial score (nSPS) is 26.3. The van der Waals surface area contributed by atoms with Crippen LogP contribution in [0.25, 0.3) is 0 Å². The molecular weight excluding hydrogens is 358 g/mol. The smallest absolute Gasteiger partial charge is 0.325 e. The molecule has 1 aromatic rings. The number of anilines is 1. The van der Waals surface area contributed by atoms with E-state index in [2.05, 4.69) is 31.4 Å². The number of aryl methyl sites for hydroxylation is 1. The van der Waals surface area contributed by atoms with Gasteiger partial charge in [0.25, 0.3) is 5.91 Å². The first-order valence-electron chi connectivity index (χ1n) is 9.64. The van der Waals surface area contributed by atoms with Gasteiger partial charge in [-0.1, -0.05) is 26.8 Å². The van der Waals surface area contributed by atoms with Gasteiger partial charge in [0.05, 0.1) is 12.8 Å². The van der Waals surface area contributed by atoms with Crippen molar-refractivity contribution in [2.24, 2.45) is 11.3 Å². The fourth-order valence-corrected chi connectivity index (χ4v) is 4.90. The molecule has 1 heterocycles. The monoisotopic (exact) mass is 387 g/mol. The second kappa shape index (κ2) is 7.11. The number of urea groups is 1. The van der Waals surface area contributed by atoms with Gasteiger partial charge in [-0.25, -0.2) is 4.79 Å². The van der Waals surface area contributed by atoms with Gasteiger partial charge in [0.1, 0.15) is 17.8 Å². The van der Waals surface area contributed by atoms with Crippen LogP contribution in [0.4, 0.5) is 10.5 Å². The SMILES string of the molecule is COc1ccc(C)cc1NC(=O)CN1C(=O)N[C@]2(C[C@H](C)CC(C)(C)C2)C1=O. The van der Waals surface area contributed by atoms with Crippen LogP contribution in [-0.2, 0) is 9.59 Å². The number of methoxy groups -OCH3 is 1. The predicted molar refractivity (Wildman–Crippen MR) is 106 cm³/mol. The van der Waals surface area contributed by atoms with Crippen molar-refractivity contribution < 1.29 is 19.1 Å². The Morgan fingerprint density at radius 3 is 2.68 bits per heavy atom. The molecule has 0 unspecified atom stereocenters. The number of benzene rings is 1. The van der Waals surface area contributed by atoms with E-state index in [-0.39, 0.29) is 17.9 Å². The molecule has 1 saturated heterocycles. The van der Waals surface area contributed by atoms with Crippen LogP contribution in [0.15, 0.2) is 18.2 Å². The Balaban J connectivity index is 1.74. The molecule has 1 aliphatic heterocycles. The lowest BCUT2D eigenvalue weighted by atomic mass is 9.64. The Labute approximate surface area is 165 Å². The van der Waals surface area contributed by atoms with Gasteiger partial charge in [-0.2, -0.15) is 0 Å². The zero-order valence-corrected chi connectivity index (χ0v) is 17.2. The molecule has 1 spiro atoms. The van der Waals surface area contributed by atoms with Gasteiger partial charge in [-0.05, 0) is 55.2 Å². The third-order valence-corrected chi connectivity index (χ3v) is 5.55. The minimum absolute atomic E-state index is 0.0478. The molecule has 2 atom stereocenters. The number of hydrogen-bond acceptors (Lipinski definition) is 4. The summed E-state index contributed by atoms with van der Waals surface area (Å²) in [4.78, 5) is 39.3. The second-order valence-electron chi connectivity index (χ2n) is 9.01. The van der Waals surface area contributed by atoms with E-state index in [9.17, 15) is 14.4 Å². The van der Waals surface area contributed by atoms with Crippen LogP contribution >= 0.6 is 0 Å². The number of carbonyl (C=O) groups is 3. The van der Waals surface area contributed by atoms with Crippen LogP contribution in [0.1, 0.15) is 45.6 Å². The van der Waals surface area contributed by atoms with Crippen molar-refractivity contribution in [3.63, 3.8) is 0 Å². The van der Waals surface area contributed by atoms with E-state index in [1.165, 1.54) is 7.11 Å². The Morgan fingerprint density at radius 1 is 1.32 bits per heavy atom. The lowest BCUT2D eigenvalue weighted by Gasteiger charge is -2.43. The van der Waals surface area contributed by atoms with Crippen LogP contribution in [0.5, 0.6) is 5.75 Å². The lowest BCUT2D eigenvalue weighted by molar-refractivity contribution is -0.136. The largest absolute Gasteiger partial charge is 0.495 e. The number of rotatable bonds is 4. The van der Waals surface area contributed by atoms with E-state index in [0.29, 0.717) is 30.2 Å².